The Bertz CT molecular complexity index is 884. The first-order valence-electron chi connectivity index (χ1n) is 10.8. The van der Waals surface area contributed by atoms with E-state index in [1.165, 1.54) is 16.0 Å². The van der Waals surface area contributed by atoms with Gasteiger partial charge in [-0.2, -0.15) is 0 Å². The minimum Gasteiger partial charge on any atom is -0.480 e. The van der Waals surface area contributed by atoms with Gasteiger partial charge in [-0.25, -0.2) is 9.59 Å². The Kier molecular flexibility index (Phi) is 5.75. The van der Waals surface area contributed by atoms with Crippen molar-refractivity contribution < 1.29 is 19.4 Å². The molecule has 164 valence electrons. The zero-order chi connectivity index (χ0) is 22.2. The van der Waals surface area contributed by atoms with Crippen LogP contribution in [0.4, 0.5) is 4.79 Å². The van der Waals surface area contributed by atoms with E-state index in [2.05, 4.69) is 29.2 Å². The molecular formula is C25H30N2O4. The second-order valence-electron chi connectivity index (χ2n) is 9.52. The molecule has 0 bridgehead atoms. The Morgan fingerprint density at radius 1 is 1.00 bits per heavy atom. The highest BCUT2D eigenvalue weighted by Gasteiger charge is 2.67. The minimum absolute atomic E-state index is 0.0857. The fourth-order valence-electron chi connectivity index (χ4n) is 4.80. The molecule has 1 saturated heterocycles. The summed E-state index contributed by atoms with van der Waals surface area (Å²) < 4.78 is 5.47. The molecule has 1 saturated carbocycles. The Balaban J connectivity index is 1.54. The van der Waals surface area contributed by atoms with Crippen LogP contribution in [0.3, 0.4) is 0 Å². The number of carbonyl (C=O) groups is 2. The first-order chi connectivity index (χ1) is 14.7. The molecule has 0 radical (unpaired) electrons. The molecule has 2 aromatic carbocycles. The van der Waals surface area contributed by atoms with Crippen molar-refractivity contribution >= 4 is 12.1 Å². The minimum atomic E-state index is -0.958. The average Bonchev–Trinajstić information content (AvgIpc) is 3.26. The summed E-state index contributed by atoms with van der Waals surface area (Å²) in [7, 11) is 0. The van der Waals surface area contributed by atoms with E-state index in [9.17, 15) is 14.7 Å². The largest absolute Gasteiger partial charge is 0.480 e. The van der Waals surface area contributed by atoms with E-state index < -0.39 is 23.7 Å². The quantitative estimate of drug-likeness (QED) is 0.762. The van der Waals surface area contributed by atoms with Crippen LogP contribution >= 0.6 is 0 Å². The fraction of sp³-hybridized carbons (Fsp3) is 0.440. The number of fused-ring (bicyclic) bond motifs is 1. The number of piperidine rings is 1. The maximum Gasteiger partial charge on any atom is 0.411 e. The SMILES string of the molecule is CC(C)(C)OC(=O)N1C[C@@H]2[C@@H]([C@H]2N(Cc2ccccc2)Cc2ccccc2)[C@@H]1C(=O)O. The number of carboxylic acid groups (broad SMARTS) is 1. The Labute approximate surface area is 183 Å². The van der Waals surface area contributed by atoms with E-state index in [-0.39, 0.29) is 17.9 Å². The molecule has 0 spiro atoms. The van der Waals surface area contributed by atoms with Crippen molar-refractivity contribution in [1.82, 2.24) is 9.80 Å². The van der Waals surface area contributed by atoms with Crippen LogP contribution < -0.4 is 0 Å². The highest BCUT2D eigenvalue weighted by molar-refractivity contribution is 5.82. The van der Waals surface area contributed by atoms with Crippen molar-refractivity contribution in [1.29, 1.82) is 0 Å². The molecule has 1 N–H and O–H groups in total. The maximum absolute atomic E-state index is 12.6. The maximum atomic E-state index is 12.6. The lowest BCUT2D eigenvalue weighted by Gasteiger charge is -2.32. The zero-order valence-electron chi connectivity index (χ0n) is 18.3. The molecule has 6 nitrogen and oxygen atoms in total. The van der Waals surface area contributed by atoms with Crippen molar-refractivity contribution in [2.45, 2.75) is 51.5 Å². The number of likely N-dealkylation sites (tertiary alicyclic amines) is 1. The van der Waals surface area contributed by atoms with Crippen LogP contribution in [0.2, 0.25) is 0 Å². The van der Waals surface area contributed by atoms with Gasteiger partial charge in [-0.05, 0) is 37.8 Å². The number of carbonyl (C=O) groups excluding carboxylic acids is 1. The summed E-state index contributed by atoms with van der Waals surface area (Å²) in [6.07, 6.45) is -0.538. The van der Waals surface area contributed by atoms with Crippen LogP contribution in [0.5, 0.6) is 0 Å². The molecule has 1 amide bonds. The number of rotatable bonds is 6. The van der Waals surface area contributed by atoms with E-state index >= 15 is 0 Å². The summed E-state index contributed by atoms with van der Waals surface area (Å²) in [6.45, 7) is 7.28. The van der Waals surface area contributed by atoms with Crippen LogP contribution in [0.15, 0.2) is 60.7 Å². The number of hydrogen-bond donors (Lipinski definition) is 1. The molecule has 1 aliphatic carbocycles. The second kappa shape index (κ2) is 8.35. The molecule has 0 unspecified atom stereocenters. The van der Waals surface area contributed by atoms with E-state index in [0.717, 1.165) is 13.1 Å². The summed E-state index contributed by atoms with van der Waals surface area (Å²) in [6, 6.07) is 19.7. The smallest absolute Gasteiger partial charge is 0.411 e. The van der Waals surface area contributed by atoms with E-state index in [1.807, 2.05) is 36.4 Å². The lowest BCUT2D eigenvalue weighted by molar-refractivity contribution is -0.143. The predicted octanol–water partition coefficient (Wildman–Crippen LogP) is 4.01. The third-order valence-corrected chi connectivity index (χ3v) is 6.05. The predicted molar refractivity (Wildman–Crippen MR) is 117 cm³/mol. The summed E-state index contributed by atoms with van der Waals surface area (Å²) in [4.78, 5) is 28.5. The van der Waals surface area contributed by atoms with E-state index in [1.54, 1.807) is 20.8 Å². The van der Waals surface area contributed by atoms with Crippen LogP contribution in [0, 0.1) is 11.8 Å². The normalized spacial score (nSPS) is 24.7. The first-order valence-corrected chi connectivity index (χ1v) is 10.8. The van der Waals surface area contributed by atoms with Gasteiger partial charge in [-0.15, -0.1) is 0 Å². The molecule has 2 fully saturated rings. The number of amides is 1. The summed E-state index contributed by atoms with van der Waals surface area (Å²) in [5.74, 6) is -0.904. The number of carboxylic acids is 1. The van der Waals surface area contributed by atoms with Gasteiger partial charge in [0.1, 0.15) is 11.6 Å². The number of benzene rings is 2. The number of ether oxygens (including phenoxy) is 1. The molecule has 1 heterocycles. The van der Waals surface area contributed by atoms with Gasteiger partial charge in [-0.1, -0.05) is 60.7 Å². The lowest BCUT2D eigenvalue weighted by Crippen LogP contribution is -2.48. The molecule has 31 heavy (non-hydrogen) atoms. The zero-order valence-corrected chi connectivity index (χ0v) is 18.3. The summed E-state index contributed by atoms with van der Waals surface area (Å²) in [5, 5.41) is 9.94. The van der Waals surface area contributed by atoms with Gasteiger partial charge in [-0.3, -0.25) is 9.80 Å². The number of aliphatic carboxylic acids is 1. The summed E-state index contributed by atoms with van der Waals surface area (Å²) >= 11 is 0. The Morgan fingerprint density at radius 2 is 1.52 bits per heavy atom. The fourth-order valence-corrected chi connectivity index (χ4v) is 4.80. The van der Waals surface area contributed by atoms with Crippen LogP contribution in [-0.2, 0) is 22.6 Å². The molecule has 2 aliphatic rings. The molecule has 2 aromatic rings. The lowest BCUT2D eigenvalue weighted by atomic mass is 10.1. The van der Waals surface area contributed by atoms with Gasteiger partial charge in [0.15, 0.2) is 0 Å². The topological polar surface area (TPSA) is 70.1 Å². The monoisotopic (exact) mass is 422 g/mol. The third kappa shape index (κ3) is 4.74. The number of nitrogens with zero attached hydrogens (tertiary/aromatic N) is 2. The van der Waals surface area contributed by atoms with E-state index in [0.29, 0.717) is 6.54 Å². The highest BCUT2D eigenvalue weighted by Crippen LogP contribution is 2.53. The molecule has 1 aliphatic heterocycles. The van der Waals surface area contributed by atoms with Crippen LogP contribution in [0.25, 0.3) is 0 Å². The van der Waals surface area contributed by atoms with Crippen LogP contribution in [0.1, 0.15) is 31.9 Å². The van der Waals surface area contributed by atoms with Crippen molar-refractivity contribution in [2.24, 2.45) is 11.8 Å². The average molecular weight is 423 g/mol. The van der Waals surface area contributed by atoms with Gasteiger partial charge in [0.2, 0.25) is 0 Å². The third-order valence-electron chi connectivity index (χ3n) is 6.05. The van der Waals surface area contributed by atoms with Gasteiger partial charge in [0.25, 0.3) is 0 Å². The highest BCUT2D eigenvalue weighted by atomic mass is 16.6. The van der Waals surface area contributed by atoms with Crippen molar-refractivity contribution in [3.05, 3.63) is 71.8 Å². The van der Waals surface area contributed by atoms with Gasteiger partial charge >= 0.3 is 12.1 Å². The van der Waals surface area contributed by atoms with Crippen molar-refractivity contribution in [3.8, 4) is 0 Å². The molecule has 4 atom stereocenters. The second-order valence-corrected chi connectivity index (χ2v) is 9.52. The van der Waals surface area contributed by atoms with Crippen molar-refractivity contribution in [2.75, 3.05) is 6.54 Å². The van der Waals surface area contributed by atoms with Gasteiger partial charge in [0.05, 0.1) is 0 Å². The van der Waals surface area contributed by atoms with Gasteiger partial charge in [0, 0.05) is 31.6 Å². The number of hydrogen-bond acceptors (Lipinski definition) is 4. The summed E-state index contributed by atoms with van der Waals surface area (Å²) in [5.41, 5.74) is 1.73. The molecule has 0 aromatic heterocycles. The molecular weight excluding hydrogens is 392 g/mol. The first kappa shape index (κ1) is 21.4. The molecule has 6 heteroatoms. The van der Waals surface area contributed by atoms with Gasteiger partial charge < -0.3 is 9.84 Å². The van der Waals surface area contributed by atoms with Crippen molar-refractivity contribution in [3.63, 3.8) is 0 Å². The Morgan fingerprint density at radius 3 is 1.97 bits per heavy atom. The standard InChI is InChI=1S/C25H30N2O4/c1-25(2,3)31-24(30)27-16-19-20(22(27)23(28)29)21(19)26(14-17-10-6-4-7-11-17)15-18-12-8-5-9-13-18/h4-13,19-22H,14-16H2,1-3H3,(H,28,29)/t19-,20+,21+,22-/m1/s1. The van der Waals surface area contributed by atoms with Crippen LogP contribution in [-0.4, -0.2) is 51.2 Å². The van der Waals surface area contributed by atoms with E-state index in [4.69, 9.17) is 4.74 Å². The molecule has 4 rings (SSSR count). The Hall–Kier alpha value is -2.86.